The molecule has 134 valence electrons. The standard InChI is InChI=1S/C17H21BrN4O2S/c18-13-9-14(25-11-13)16-19-15(24-20-16)10-21-5-7-22(8-6-21)17(23)12-3-1-2-4-12/h9,11-12H,1-8,10H2. The van der Waals surface area contributed by atoms with Crippen LogP contribution in [0.3, 0.4) is 0 Å². The first-order valence-corrected chi connectivity index (χ1v) is 10.4. The number of rotatable bonds is 4. The molecule has 1 saturated heterocycles. The van der Waals surface area contributed by atoms with Gasteiger partial charge in [0.25, 0.3) is 0 Å². The van der Waals surface area contributed by atoms with Gasteiger partial charge in [0.2, 0.25) is 17.6 Å². The minimum absolute atomic E-state index is 0.273. The second-order valence-electron chi connectivity index (χ2n) is 6.72. The lowest BCUT2D eigenvalue weighted by Crippen LogP contribution is -2.49. The van der Waals surface area contributed by atoms with E-state index in [2.05, 4.69) is 31.0 Å². The minimum atomic E-state index is 0.273. The summed E-state index contributed by atoms with van der Waals surface area (Å²) in [5.74, 6) is 1.91. The molecule has 2 aliphatic rings. The van der Waals surface area contributed by atoms with Crippen molar-refractivity contribution in [1.29, 1.82) is 0 Å². The van der Waals surface area contributed by atoms with Crippen molar-refractivity contribution < 1.29 is 9.32 Å². The Bertz CT molecular complexity index is 733. The van der Waals surface area contributed by atoms with Crippen molar-refractivity contribution in [3.63, 3.8) is 0 Å². The number of piperazine rings is 1. The van der Waals surface area contributed by atoms with Crippen LogP contribution in [0.15, 0.2) is 20.4 Å². The SMILES string of the molecule is O=C(C1CCCC1)N1CCN(Cc2nc(-c3cc(Br)cs3)no2)CC1. The molecule has 6 nitrogen and oxygen atoms in total. The first-order valence-electron chi connectivity index (χ1n) is 8.77. The summed E-state index contributed by atoms with van der Waals surface area (Å²) in [7, 11) is 0. The van der Waals surface area contributed by atoms with E-state index in [-0.39, 0.29) is 5.92 Å². The van der Waals surface area contributed by atoms with Crippen molar-refractivity contribution in [2.45, 2.75) is 32.2 Å². The average Bonchev–Trinajstić information content (AvgIpc) is 3.36. The Kier molecular flexibility index (Phi) is 5.19. The molecule has 2 aromatic rings. The lowest BCUT2D eigenvalue weighted by molar-refractivity contribution is -0.137. The van der Waals surface area contributed by atoms with E-state index in [1.54, 1.807) is 11.3 Å². The van der Waals surface area contributed by atoms with Gasteiger partial charge in [-0.3, -0.25) is 9.69 Å². The Morgan fingerprint density at radius 2 is 2.04 bits per heavy atom. The van der Waals surface area contributed by atoms with Crippen molar-refractivity contribution in [2.75, 3.05) is 26.2 Å². The molecule has 1 aliphatic heterocycles. The normalized spacial score (nSPS) is 19.6. The van der Waals surface area contributed by atoms with Gasteiger partial charge in [-0.25, -0.2) is 0 Å². The second-order valence-corrected chi connectivity index (χ2v) is 8.55. The highest BCUT2D eigenvalue weighted by atomic mass is 79.9. The van der Waals surface area contributed by atoms with Crippen LogP contribution in [0.2, 0.25) is 0 Å². The Balaban J connectivity index is 1.30. The maximum absolute atomic E-state index is 12.5. The smallest absolute Gasteiger partial charge is 0.241 e. The number of hydrogen-bond donors (Lipinski definition) is 0. The fourth-order valence-corrected chi connectivity index (χ4v) is 4.95. The zero-order valence-electron chi connectivity index (χ0n) is 14.0. The average molecular weight is 425 g/mol. The van der Waals surface area contributed by atoms with E-state index < -0.39 is 0 Å². The highest BCUT2D eigenvalue weighted by Crippen LogP contribution is 2.28. The fraction of sp³-hybridized carbons (Fsp3) is 0.588. The van der Waals surface area contributed by atoms with Crippen LogP contribution in [-0.4, -0.2) is 52.0 Å². The predicted octanol–water partition coefficient (Wildman–Crippen LogP) is 3.40. The van der Waals surface area contributed by atoms with Gasteiger partial charge in [-0.15, -0.1) is 11.3 Å². The molecule has 8 heteroatoms. The van der Waals surface area contributed by atoms with Crippen LogP contribution in [0.4, 0.5) is 0 Å². The summed E-state index contributed by atoms with van der Waals surface area (Å²) in [6.45, 7) is 3.97. The van der Waals surface area contributed by atoms with Crippen molar-refractivity contribution in [2.24, 2.45) is 5.92 Å². The van der Waals surface area contributed by atoms with Crippen molar-refractivity contribution in [3.8, 4) is 10.7 Å². The first-order chi connectivity index (χ1) is 12.2. The molecule has 0 aromatic carbocycles. The van der Waals surface area contributed by atoms with Crippen molar-refractivity contribution >= 4 is 33.2 Å². The van der Waals surface area contributed by atoms with Crippen LogP contribution in [0, 0.1) is 5.92 Å². The number of thiophene rings is 1. The summed E-state index contributed by atoms with van der Waals surface area (Å²) in [6, 6.07) is 1.99. The quantitative estimate of drug-likeness (QED) is 0.752. The molecular weight excluding hydrogens is 404 g/mol. The monoisotopic (exact) mass is 424 g/mol. The van der Waals surface area contributed by atoms with Gasteiger partial charge in [0.05, 0.1) is 11.4 Å². The van der Waals surface area contributed by atoms with Crippen LogP contribution in [0.5, 0.6) is 0 Å². The Morgan fingerprint density at radius 1 is 1.28 bits per heavy atom. The number of amides is 1. The summed E-state index contributed by atoms with van der Waals surface area (Å²) in [5, 5.41) is 6.08. The van der Waals surface area contributed by atoms with E-state index in [1.807, 2.05) is 16.3 Å². The number of aromatic nitrogens is 2. The number of carbonyl (C=O) groups excluding carboxylic acids is 1. The van der Waals surface area contributed by atoms with E-state index in [4.69, 9.17) is 4.52 Å². The molecule has 0 bridgehead atoms. The molecule has 0 unspecified atom stereocenters. The van der Waals surface area contributed by atoms with Gasteiger partial charge in [-0.1, -0.05) is 18.0 Å². The molecule has 2 fully saturated rings. The van der Waals surface area contributed by atoms with E-state index in [0.717, 1.165) is 48.4 Å². The Hall–Kier alpha value is -1.25. The highest BCUT2D eigenvalue weighted by molar-refractivity contribution is 9.10. The van der Waals surface area contributed by atoms with Gasteiger partial charge in [0.1, 0.15) is 0 Å². The summed E-state index contributed by atoms with van der Waals surface area (Å²) in [6.07, 6.45) is 4.55. The van der Waals surface area contributed by atoms with Crippen molar-refractivity contribution in [3.05, 3.63) is 21.8 Å². The highest BCUT2D eigenvalue weighted by Gasteiger charge is 2.29. The fourth-order valence-electron chi connectivity index (χ4n) is 3.60. The van der Waals surface area contributed by atoms with E-state index in [0.29, 0.717) is 24.2 Å². The molecule has 1 aliphatic carbocycles. The third kappa shape index (κ3) is 3.96. The van der Waals surface area contributed by atoms with Crippen LogP contribution in [0.1, 0.15) is 31.6 Å². The largest absolute Gasteiger partial charge is 0.340 e. The molecule has 1 saturated carbocycles. The summed E-state index contributed by atoms with van der Waals surface area (Å²) >= 11 is 5.03. The van der Waals surface area contributed by atoms with Crippen LogP contribution in [-0.2, 0) is 11.3 Å². The lowest BCUT2D eigenvalue weighted by atomic mass is 10.1. The summed E-state index contributed by atoms with van der Waals surface area (Å²) < 4.78 is 6.42. The maximum Gasteiger partial charge on any atom is 0.241 e. The van der Waals surface area contributed by atoms with Gasteiger partial charge in [-0.05, 0) is 34.8 Å². The lowest BCUT2D eigenvalue weighted by Gasteiger charge is -2.35. The molecule has 1 amide bonds. The second kappa shape index (κ2) is 7.55. The predicted molar refractivity (Wildman–Crippen MR) is 99.1 cm³/mol. The van der Waals surface area contributed by atoms with E-state index >= 15 is 0 Å². The van der Waals surface area contributed by atoms with Crippen LogP contribution in [0.25, 0.3) is 10.7 Å². The van der Waals surface area contributed by atoms with Gasteiger partial charge in [0, 0.05) is 41.9 Å². The third-order valence-corrected chi connectivity index (χ3v) is 6.69. The number of halogens is 1. The van der Waals surface area contributed by atoms with Crippen LogP contribution >= 0.6 is 27.3 Å². The molecular formula is C17H21BrN4O2S. The molecule has 4 rings (SSSR count). The minimum Gasteiger partial charge on any atom is -0.340 e. The maximum atomic E-state index is 12.5. The van der Waals surface area contributed by atoms with Crippen LogP contribution < -0.4 is 0 Å². The molecule has 2 aromatic heterocycles. The number of hydrogen-bond acceptors (Lipinski definition) is 6. The Labute approximate surface area is 159 Å². The molecule has 0 atom stereocenters. The summed E-state index contributed by atoms with van der Waals surface area (Å²) in [5.41, 5.74) is 0. The van der Waals surface area contributed by atoms with Gasteiger partial charge in [-0.2, -0.15) is 4.98 Å². The molecule has 0 radical (unpaired) electrons. The molecule has 3 heterocycles. The van der Waals surface area contributed by atoms with E-state index in [9.17, 15) is 4.79 Å². The van der Waals surface area contributed by atoms with Crippen molar-refractivity contribution in [1.82, 2.24) is 19.9 Å². The van der Waals surface area contributed by atoms with Gasteiger partial charge >= 0.3 is 0 Å². The summed E-state index contributed by atoms with van der Waals surface area (Å²) in [4.78, 5) is 22.3. The number of nitrogens with zero attached hydrogens (tertiary/aromatic N) is 4. The molecule has 0 N–H and O–H groups in total. The number of carbonyl (C=O) groups is 1. The first kappa shape index (κ1) is 17.2. The Morgan fingerprint density at radius 3 is 2.72 bits per heavy atom. The zero-order valence-corrected chi connectivity index (χ0v) is 16.4. The van der Waals surface area contributed by atoms with Gasteiger partial charge < -0.3 is 9.42 Å². The zero-order chi connectivity index (χ0) is 17.2. The molecule has 0 spiro atoms. The van der Waals surface area contributed by atoms with Gasteiger partial charge in [0.15, 0.2) is 0 Å². The molecule has 25 heavy (non-hydrogen) atoms. The third-order valence-electron chi connectivity index (χ3n) is 5.00. The van der Waals surface area contributed by atoms with E-state index in [1.165, 1.54) is 12.8 Å². The topological polar surface area (TPSA) is 62.5 Å².